The van der Waals surface area contributed by atoms with Crippen LogP contribution in [0.1, 0.15) is 20.3 Å². The minimum absolute atomic E-state index is 0.0828. The first kappa shape index (κ1) is 15.8. The quantitative estimate of drug-likeness (QED) is 0.575. The third-order valence-electron chi connectivity index (χ3n) is 3.48. The Morgan fingerprint density at radius 1 is 1.67 bits per heavy atom. The molecule has 7 nitrogen and oxygen atoms in total. The molecule has 2 saturated heterocycles. The number of ether oxygens (including phenoxy) is 3. The second-order valence-electron chi connectivity index (χ2n) is 5.59. The number of hydrogen-bond acceptors (Lipinski definition) is 5. The molecule has 118 valence electrons. The van der Waals surface area contributed by atoms with Gasteiger partial charge in [0.05, 0.1) is 12.6 Å². The van der Waals surface area contributed by atoms with Crippen molar-refractivity contribution in [1.29, 1.82) is 0 Å². The monoisotopic (exact) mass is 298 g/mol. The standard InChI is InChI=1S/C14H22N2O5/c1-4-7-19-13(18)15-10(8-16-6-5-12(16)17)11-9-20-14(2,3)21-11/h4,10-11H,1,5-9H2,2-3H3,(H,15,18)/t10-,11?/m1/s1. The van der Waals surface area contributed by atoms with E-state index < -0.39 is 11.9 Å². The zero-order valence-corrected chi connectivity index (χ0v) is 12.5. The Labute approximate surface area is 124 Å². The number of β-lactam (4-membered cyclic amide) rings is 1. The number of rotatable bonds is 6. The van der Waals surface area contributed by atoms with Gasteiger partial charge in [-0.25, -0.2) is 4.79 Å². The lowest BCUT2D eigenvalue weighted by molar-refractivity contribution is -0.146. The first-order chi connectivity index (χ1) is 9.91. The van der Waals surface area contributed by atoms with Gasteiger partial charge in [0.2, 0.25) is 5.91 Å². The van der Waals surface area contributed by atoms with Crippen LogP contribution in [0.25, 0.3) is 0 Å². The average Bonchev–Trinajstić information content (AvgIpc) is 2.79. The Hall–Kier alpha value is -1.60. The van der Waals surface area contributed by atoms with Crippen LogP contribution in [-0.4, -0.2) is 61.1 Å². The molecule has 1 N–H and O–H groups in total. The first-order valence-corrected chi connectivity index (χ1v) is 7.05. The third-order valence-corrected chi connectivity index (χ3v) is 3.48. The first-order valence-electron chi connectivity index (χ1n) is 7.05. The Bertz CT molecular complexity index is 424. The van der Waals surface area contributed by atoms with Gasteiger partial charge >= 0.3 is 6.09 Å². The minimum Gasteiger partial charge on any atom is -0.445 e. The molecule has 0 radical (unpaired) electrons. The van der Waals surface area contributed by atoms with Gasteiger partial charge in [-0.2, -0.15) is 0 Å². The summed E-state index contributed by atoms with van der Waals surface area (Å²) in [7, 11) is 0. The second-order valence-corrected chi connectivity index (χ2v) is 5.59. The summed E-state index contributed by atoms with van der Waals surface area (Å²) in [5.74, 6) is -0.603. The van der Waals surface area contributed by atoms with Crippen molar-refractivity contribution < 1.29 is 23.8 Å². The lowest BCUT2D eigenvalue weighted by atomic mass is 10.1. The van der Waals surface area contributed by atoms with Crippen molar-refractivity contribution in [3.63, 3.8) is 0 Å². The Morgan fingerprint density at radius 3 is 2.90 bits per heavy atom. The number of hydrogen-bond donors (Lipinski definition) is 1. The van der Waals surface area contributed by atoms with Crippen LogP contribution in [0.4, 0.5) is 4.79 Å². The summed E-state index contributed by atoms with van der Waals surface area (Å²) in [6, 6.07) is -0.367. The summed E-state index contributed by atoms with van der Waals surface area (Å²) in [6.07, 6.45) is 1.18. The topological polar surface area (TPSA) is 77.1 Å². The van der Waals surface area contributed by atoms with E-state index in [1.165, 1.54) is 6.08 Å². The number of nitrogens with one attached hydrogen (secondary N) is 1. The molecule has 0 aliphatic carbocycles. The number of carbonyl (C=O) groups is 2. The van der Waals surface area contributed by atoms with Crippen molar-refractivity contribution in [2.24, 2.45) is 0 Å². The van der Waals surface area contributed by atoms with Crippen molar-refractivity contribution in [3.8, 4) is 0 Å². The maximum Gasteiger partial charge on any atom is 0.407 e. The van der Waals surface area contributed by atoms with Crippen LogP contribution in [0.5, 0.6) is 0 Å². The summed E-state index contributed by atoms with van der Waals surface area (Å²) in [5, 5.41) is 2.74. The predicted octanol–water partition coefficient (Wildman–Crippen LogP) is 0.651. The third kappa shape index (κ3) is 4.18. The summed E-state index contributed by atoms with van der Waals surface area (Å²) in [5.41, 5.74) is 0. The smallest absolute Gasteiger partial charge is 0.407 e. The van der Waals surface area contributed by atoms with Crippen molar-refractivity contribution >= 4 is 12.0 Å². The van der Waals surface area contributed by atoms with Crippen molar-refractivity contribution in [1.82, 2.24) is 10.2 Å². The van der Waals surface area contributed by atoms with Crippen LogP contribution in [0.15, 0.2) is 12.7 Å². The van der Waals surface area contributed by atoms with Gasteiger partial charge in [0.1, 0.15) is 12.7 Å². The molecule has 1 unspecified atom stereocenters. The molecular formula is C14H22N2O5. The van der Waals surface area contributed by atoms with E-state index >= 15 is 0 Å². The van der Waals surface area contributed by atoms with Gasteiger partial charge in [-0.1, -0.05) is 12.7 Å². The molecule has 0 aromatic heterocycles. The van der Waals surface area contributed by atoms with E-state index in [-0.39, 0.29) is 24.7 Å². The zero-order chi connectivity index (χ0) is 15.5. The Balaban J connectivity index is 1.94. The van der Waals surface area contributed by atoms with Crippen LogP contribution in [0.2, 0.25) is 0 Å². The van der Waals surface area contributed by atoms with Crippen LogP contribution in [0.3, 0.4) is 0 Å². The van der Waals surface area contributed by atoms with Crippen molar-refractivity contribution in [2.75, 3.05) is 26.3 Å². The number of likely N-dealkylation sites (tertiary alicyclic amines) is 1. The fourth-order valence-corrected chi connectivity index (χ4v) is 2.29. The van der Waals surface area contributed by atoms with Gasteiger partial charge in [-0.15, -0.1) is 0 Å². The predicted molar refractivity (Wildman–Crippen MR) is 74.6 cm³/mol. The molecule has 7 heteroatoms. The maximum atomic E-state index is 11.7. The highest BCUT2D eigenvalue weighted by molar-refractivity contribution is 5.81. The van der Waals surface area contributed by atoms with Crippen molar-refractivity contribution in [2.45, 2.75) is 38.2 Å². The number of nitrogens with zero attached hydrogens (tertiary/aromatic N) is 1. The summed E-state index contributed by atoms with van der Waals surface area (Å²) >= 11 is 0. The number of amides is 2. The molecule has 2 amide bonds. The molecule has 2 heterocycles. The summed E-state index contributed by atoms with van der Waals surface area (Å²) in [6.45, 7) is 8.71. The highest BCUT2D eigenvalue weighted by atomic mass is 16.7. The lowest BCUT2D eigenvalue weighted by Crippen LogP contribution is -2.56. The van der Waals surface area contributed by atoms with E-state index in [4.69, 9.17) is 14.2 Å². The molecule has 2 rings (SSSR count). The fraction of sp³-hybridized carbons (Fsp3) is 0.714. The second kappa shape index (κ2) is 6.44. The lowest BCUT2D eigenvalue weighted by Gasteiger charge is -2.35. The molecule has 21 heavy (non-hydrogen) atoms. The Morgan fingerprint density at radius 2 is 2.43 bits per heavy atom. The number of carbonyl (C=O) groups excluding carboxylic acids is 2. The van der Waals surface area contributed by atoms with Crippen LogP contribution in [0, 0.1) is 0 Å². The van der Waals surface area contributed by atoms with E-state index in [1.807, 2.05) is 13.8 Å². The SMILES string of the molecule is C=CCOC(=O)N[C@H](CN1CCC1=O)C1COC(C)(C)O1. The molecule has 0 saturated carbocycles. The molecule has 2 aliphatic rings. The van der Waals surface area contributed by atoms with Crippen LogP contribution >= 0.6 is 0 Å². The number of alkyl carbamates (subject to hydrolysis) is 1. The summed E-state index contributed by atoms with van der Waals surface area (Å²) in [4.78, 5) is 24.9. The van der Waals surface area contributed by atoms with E-state index in [0.717, 1.165) is 0 Å². The fourth-order valence-electron chi connectivity index (χ4n) is 2.29. The molecule has 0 bridgehead atoms. The zero-order valence-electron chi connectivity index (χ0n) is 12.5. The van der Waals surface area contributed by atoms with Gasteiger partial charge in [0.25, 0.3) is 0 Å². The van der Waals surface area contributed by atoms with Gasteiger partial charge in [0.15, 0.2) is 5.79 Å². The van der Waals surface area contributed by atoms with Crippen LogP contribution in [-0.2, 0) is 19.0 Å². The highest BCUT2D eigenvalue weighted by Gasteiger charge is 2.40. The van der Waals surface area contributed by atoms with E-state index in [1.54, 1.807) is 4.90 Å². The van der Waals surface area contributed by atoms with Gasteiger partial charge in [0, 0.05) is 19.5 Å². The average molecular weight is 298 g/mol. The maximum absolute atomic E-state index is 11.7. The summed E-state index contributed by atoms with van der Waals surface area (Å²) < 4.78 is 16.2. The molecule has 0 aromatic carbocycles. The normalized spacial score (nSPS) is 25.1. The molecular weight excluding hydrogens is 276 g/mol. The Kier molecular flexibility index (Phi) is 4.84. The molecule has 2 atom stereocenters. The largest absolute Gasteiger partial charge is 0.445 e. The van der Waals surface area contributed by atoms with Gasteiger partial charge < -0.3 is 24.4 Å². The van der Waals surface area contributed by atoms with E-state index in [2.05, 4.69) is 11.9 Å². The minimum atomic E-state index is -0.686. The van der Waals surface area contributed by atoms with E-state index in [9.17, 15) is 9.59 Å². The molecule has 0 spiro atoms. The van der Waals surface area contributed by atoms with Gasteiger partial charge in [-0.05, 0) is 13.8 Å². The highest BCUT2D eigenvalue weighted by Crippen LogP contribution is 2.25. The molecule has 2 fully saturated rings. The molecule has 2 aliphatic heterocycles. The van der Waals surface area contributed by atoms with Crippen molar-refractivity contribution in [3.05, 3.63) is 12.7 Å². The van der Waals surface area contributed by atoms with Crippen LogP contribution < -0.4 is 5.32 Å². The van der Waals surface area contributed by atoms with E-state index in [0.29, 0.717) is 26.1 Å². The molecule has 0 aromatic rings. The van der Waals surface area contributed by atoms with Gasteiger partial charge in [-0.3, -0.25) is 4.79 Å².